The molecule has 3 N–H and O–H groups in total. The van der Waals surface area contributed by atoms with Gasteiger partial charge in [-0.25, -0.2) is 0 Å². The third-order valence-electron chi connectivity index (χ3n) is 2.81. The van der Waals surface area contributed by atoms with Gasteiger partial charge in [-0.3, -0.25) is 4.79 Å². The highest BCUT2D eigenvalue weighted by atomic mass is 16.3. The van der Waals surface area contributed by atoms with Crippen molar-refractivity contribution in [3.05, 3.63) is 23.7 Å². The molecule has 0 saturated heterocycles. The Labute approximate surface area is 96.2 Å². The zero-order chi connectivity index (χ0) is 12.0. The van der Waals surface area contributed by atoms with Gasteiger partial charge in [-0.2, -0.15) is 0 Å². The fraction of sp³-hybridized carbons (Fsp3) is 0.583. The molecular weight excluding hydrogens is 204 g/mol. The lowest BCUT2D eigenvalue weighted by Gasteiger charge is -2.14. The second-order valence-electron chi connectivity index (χ2n) is 3.95. The Balaban J connectivity index is 2.43. The minimum Gasteiger partial charge on any atom is -0.469 e. The first-order chi connectivity index (χ1) is 7.69. The lowest BCUT2D eigenvalue weighted by molar-refractivity contribution is 0.0944. The standard InChI is InChI=1S/C12H20N2O2/c1-3-10(4-6-13)8-14-12(15)11-5-7-16-9(11)2/h5,7,10H,3-4,6,8,13H2,1-2H3,(H,14,15). The number of carbonyl (C=O) groups excluding carboxylic acids is 1. The molecule has 0 fully saturated rings. The summed E-state index contributed by atoms with van der Waals surface area (Å²) in [5.74, 6) is 1.05. The lowest BCUT2D eigenvalue weighted by Crippen LogP contribution is -2.30. The molecule has 1 rings (SSSR count). The van der Waals surface area contributed by atoms with E-state index in [-0.39, 0.29) is 5.91 Å². The minimum atomic E-state index is -0.0679. The third-order valence-corrected chi connectivity index (χ3v) is 2.81. The molecule has 16 heavy (non-hydrogen) atoms. The topological polar surface area (TPSA) is 68.3 Å². The van der Waals surface area contributed by atoms with Gasteiger partial charge >= 0.3 is 0 Å². The Morgan fingerprint density at radius 3 is 2.88 bits per heavy atom. The van der Waals surface area contributed by atoms with Crippen LogP contribution >= 0.6 is 0 Å². The predicted molar refractivity (Wildman–Crippen MR) is 63.2 cm³/mol. The molecule has 0 aliphatic carbocycles. The van der Waals surface area contributed by atoms with Crippen molar-refractivity contribution < 1.29 is 9.21 Å². The number of nitrogens with one attached hydrogen (secondary N) is 1. The van der Waals surface area contributed by atoms with Gasteiger partial charge in [-0.1, -0.05) is 13.3 Å². The van der Waals surface area contributed by atoms with E-state index in [0.29, 0.717) is 30.3 Å². The van der Waals surface area contributed by atoms with Crippen LogP contribution in [0.2, 0.25) is 0 Å². The summed E-state index contributed by atoms with van der Waals surface area (Å²) in [6, 6.07) is 1.69. The Kier molecular flexibility index (Phi) is 5.05. The van der Waals surface area contributed by atoms with E-state index >= 15 is 0 Å². The number of hydrogen-bond donors (Lipinski definition) is 2. The Hall–Kier alpha value is -1.29. The predicted octanol–water partition coefficient (Wildman–Crippen LogP) is 1.69. The van der Waals surface area contributed by atoms with Crippen molar-refractivity contribution in [1.29, 1.82) is 0 Å². The molecule has 1 unspecified atom stereocenters. The minimum absolute atomic E-state index is 0.0679. The Morgan fingerprint density at radius 1 is 1.62 bits per heavy atom. The molecule has 0 spiro atoms. The average molecular weight is 224 g/mol. The first kappa shape index (κ1) is 12.8. The van der Waals surface area contributed by atoms with Crippen LogP contribution in [0.1, 0.15) is 35.9 Å². The van der Waals surface area contributed by atoms with E-state index in [9.17, 15) is 4.79 Å². The highest BCUT2D eigenvalue weighted by Crippen LogP contribution is 2.09. The maximum absolute atomic E-state index is 11.7. The molecule has 0 aromatic carbocycles. The van der Waals surface area contributed by atoms with E-state index in [4.69, 9.17) is 10.2 Å². The van der Waals surface area contributed by atoms with E-state index in [2.05, 4.69) is 12.2 Å². The molecule has 4 heteroatoms. The van der Waals surface area contributed by atoms with Gasteiger partial charge in [0.15, 0.2) is 0 Å². The molecule has 0 aliphatic heterocycles. The summed E-state index contributed by atoms with van der Waals surface area (Å²) < 4.78 is 5.09. The highest BCUT2D eigenvalue weighted by molar-refractivity contribution is 5.94. The summed E-state index contributed by atoms with van der Waals surface area (Å²) in [7, 11) is 0. The van der Waals surface area contributed by atoms with Crippen LogP contribution in [0, 0.1) is 12.8 Å². The van der Waals surface area contributed by atoms with E-state index in [1.165, 1.54) is 6.26 Å². The zero-order valence-electron chi connectivity index (χ0n) is 9.95. The molecule has 0 radical (unpaired) electrons. The quantitative estimate of drug-likeness (QED) is 0.772. The van der Waals surface area contributed by atoms with Gasteiger partial charge in [0.2, 0.25) is 0 Å². The molecule has 1 heterocycles. The fourth-order valence-corrected chi connectivity index (χ4v) is 1.64. The second-order valence-corrected chi connectivity index (χ2v) is 3.95. The molecule has 1 amide bonds. The van der Waals surface area contributed by atoms with Crippen LogP contribution in [0.15, 0.2) is 16.7 Å². The maximum Gasteiger partial charge on any atom is 0.254 e. The van der Waals surface area contributed by atoms with Crippen LogP contribution in [0.5, 0.6) is 0 Å². The first-order valence-corrected chi connectivity index (χ1v) is 5.71. The summed E-state index contributed by atoms with van der Waals surface area (Å²) in [4.78, 5) is 11.7. The summed E-state index contributed by atoms with van der Waals surface area (Å²) in [5, 5.41) is 2.91. The summed E-state index contributed by atoms with van der Waals surface area (Å²) in [5.41, 5.74) is 6.12. The fourth-order valence-electron chi connectivity index (χ4n) is 1.64. The first-order valence-electron chi connectivity index (χ1n) is 5.71. The van der Waals surface area contributed by atoms with Crippen molar-refractivity contribution in [2.24, 2.45) is 11.7 Å². The van der Waals surface area contributed by atoms with E-state index in [1.54, 1.807) is 13.0 Å². The number of aryl methyl sites for hydroxylation is 1. The average Bonchev–Trinajstić information content (AvgIpc) is 2.70. The normalized spacial score (nSPS) is 12.4. The van der Waals surface area contributed by atoms with Crippen LogP contribution in [-0.2, 0) is 0 Å². The SMILES string of the molecule is CCC(CCN)CNC(=O)c1ccoc1C. The number of furan rings is 1. The lowest BCUT2D eigenvalue weighted by atomic mass is 10.0. The number of nitrogens with two attached hydrogens (primary N) is 1. The number of hydrogen-bond acceptors (Lipinski definition) is 3. The molecule has 0 aliphatic rings. The van der Waals surface area contributed by atoms with Gasteiger partial charge in [0, 0.05) is 6.54 Å². The van der Waals surface area contributed by atoms with Gasteiger partial charge in [0.1, 0.15) is 5.76 Å². The number of rotatable bonds is 6. The highest BCUT2D eigenvalue weighted by Gasteiger charge is 2.12. The summed E-state index contributed by atoms with van der Waals surface area (Å²) >= 11 is 0. The van der Waals surface area contributed by atoms with E-state index in [1.807, 2.05) is 0 Å². The van der Waals surface area contributed by atoms with E-state index < -0.39 is 0 Å². The molecule has 0 saturated carbocycles. The van der Waals surface area contributed by atoms with Gasteiger partial charge < -0.3 is 15.5 Å². The third kappa shape index (κ3) is 3.38. The largest absolute Gasteiger partial charge is 0.469 e. The van der Waals surface area contributed by atoms with Crippen LogP contribution in [0.3, 0.4) is 0 Å². The van der Waals surface area contributed by atoms with Crippen LogP contribution < -0.4 is 11.1 Å². The molecule has 90 valence electrons. The molecular formula is C12H20N2O2. The molecule has 1 atom stereocenters. The summed E-state index contributed by atoms with van der Waals surface area (Å²) in [6.45, 7) is 5.23. The van der Waals surface area contributed by atoms with Gasteiger partial charge in [0.25, 0.3) is 5.91 Å². The molecule has 1 aromatic heterocycles. The number of amides is 1. The molecule has 0 bridgehead atoms. The van der Waals surface area contributed by atoms with Crippen LogP contribution in [0.25, 0.3) is 0 Å². The smallest absolute Gasteiger partial charge is 0.254 e. The van der Waals surface area contributed by atoms with Gasteiger partial charge in [-0.05, 0) is 31.9 Å². The molecule has 1 aromatic rings. The van der Waals surface area contributed by atoms with Gasteiger partial charge in [0.05, 0.1) is 11.8 Å². The van der Waals surface area contributed by atoms with Crippen molar-refractivity contribution in [1.82, 2.24) is 5.32 Å². The van der Waals surface area contributed by atoms with Crippen molar-refractivity contribution in [3.8, 4) is 0 Å². The second kappa shape index (κ2) is 6.33. The summed E-state index contributed by atoms with van der Waals surface area (Å²) in [6.07, 6.45) is 3.50. The number of carbonyl (C=O) groups is 1. The maximum atomic E-state index is 11.7. The van der Waals surface area contributed by atoms with Gasteiger partial charge in [-0.15, -0.1) is 0 Å². The van der Waals surface area contributed by atoms with Crippen LogP contribution in [0.4, 0.5) is 0 Å². The van der Waals surface area contributed by atoms with Crippen LogP contribution in [-0.4, -0.2) is 19.0 Å². The Morgan fingerprint density at radius 2 is 2.38 bits per heavy atom. The van der Waals surface area contributed by atoms with Crippen molar-refractivity contribution >= 4 is 5.91 Å². The molecule has 4 nitrogen and oxygen atoms in total. The monoisotopic (exact) mass is 224 g/mol. The Bertz CT molecular complexity index is 334. The zero-order valence-corrected chi connectivity index (χ0v) is 9.95. The van der Waals surface area contributed by atoms with Crippen molar-refractivity contribution in [2.45, 2.75) is 26.7 Å². The van der Waals surface area contributed by atoms with Crippen molar-refractivity contribution in [2.75, 3.05) is 13.1 Å². The van der Waals surface area contributed by atoms with E-state index in [0.717, 1.165) is 12.8 Å². The van der Waals surface area contributed by atoms with Crippen molar-refractivity contribution in [3.63, 3.8) is 0 Å².